The molecule has 0 unspecified atom stereocenters. The second-order valence-electron chi connectivity index (χ2n) is 6.18. The van der Waals surface area contributed by atoms with Gasteiger partial charge in [-0.25, -0.2) is 9.59 Å². The lowest BCUT2D eigenvalue weighted by molar-refractivity contribution is -0.148. The second kappa shape index (κ2) is 8.98. The lowest BCUT2D eigenvalue weighted by atomic mass is 10.1. The molecule has 27 heavy (non-hydrogen) atoms. The van der Waals surface area contributed by atoms with Crippen molar-refractivity contribution < 1.29 is 33.4 Å². The summed E-state index contributed by atoms with van der Waals surface area (Å²) in [6.45, 7) is 6.71. The van der Waals surface area contributed by atoms with E-state index in [0.717, 1.165) is 17.8 Å². The third-order valence-corrected chi connectivity index (χ3v) is 5.29. The van der Waals surface area contributed by atoms with Crippen LogP contribution < -0.4 is 5.32 Å². The van der Waals surface area contributed by atoms with Crippen molar-refractivity contribution in [1.29, 1.82) is 0 Å². The van der Waals surface area contributed by atoms with Gasteiger partial charge in [-0.2, -0.15) is 0 Å². The lowest BCUT2D eigenvalue weighted by Gasteiger charge is -2.07. The number of ether oxygens (including phenoxy) is 3. The van der Waals surface area contributed by atoms with Crippen LogP contribution in [0.15, 0.2) is 0 Å². The van der Waals surface area contributed by atoms with Crippen molar-refractivity contribution in [3.8, 4) is 0 Å². The van der Waals surface area contributed by atoms with Gasteiger partial charge in [0, 0.05) is 0 Å². The maximum atomic E-state index is 12.3. The molecule has 1 aromatic rings. The number of hydrogen-bond acceptors (Lipinski definition) is 8. The van der Waals surface area contributed by atoms with E-state index >= 15 is 0 Å². The van der Waals surface area contributed by atoms with Crippen LogP contribution in [-0.2, 0) is 23.8 Å². The maximum absolute atomic E-state index is 12.3. The minimum absolute atomic E-state index is 0.0976. The summed E-state index contributed by atoms with van der Waals surface area (Å²) in [6, 6.07) is 0. The van der Waals surface area contributed by atoms with E-state index in [2.05, 4.69) is 5.32 Å². The molecular weight excluding hydrogens is 374 g/mol. The molecule has 1 saturated carbocycles. The highest BCUT2D eigenvalue weighted by Crippen LogP contribution is 2.38. The summed E-state index contributed by atoms with van der Waals surface area (Å²) in [5.41, 5.74) is 0.469. The second-order valence-corrected chi connectivity index (χ2v) is 7.20. The Kier molecular flexibility index (Phi) is 6.95. The van der Waals surface area contributed by atoms with Gasteiger partial charge in [0.1, 0.15) is 9.88 Å². The molecule has 1 aliphatic carbocycles. The summed E-state index contributed by atoms with van der Waals surface area (Å²) in [6.07, 6.45) is 0.764. The first kappa shape index (κ1) is 20.9. The summed E-state index contributed by atoms with van der Waals surface area (Å²) < 4.78 is 15.0. The molecular formula is C18H23NO7S. The number of nitrogens with one attached hydrogen (secondary N) is 1. The number of esters is 3. The Bertz CT molecular complexity index is 755. The van der Waals surface area contributed by atoms with Gasteiger partial charge in [-0.1, -0.05) is 6.92 Å². The van der Waals surface area contributed by atoms with Crippen LogP contribution in [0.1, 0.15) is 52.8 Å². The average Bonchev–Trinajstić information content (AvgIpc) is 3.25. The topological polar surface area (TPSA) is 108 Å². The smallest absolute Gasteiger partial charge is 0.348 e. The minimum Gasteiger partial charge on any atom is -0.462 e. The summed E-state index contributed by atoms with van der Waals surface area (Å²) in [7, 11) is 0. The summed E-state index contributed by atoms with van der Waals surface area (Å²) in [5.74, 6) is -2.10. The monoisotopic (exact) mass is 397 g/mol. The maximum Gasteiger partial charge on any atom is 0.348 e. The molecule has 1 fully saturated rings. The minimum atomic E-state index is -0.652. The third kappa shape index (κ3) is 5.06. The first-order valence-electron chi connectivity index (χ1n) is 8.74. The molecule has 1 aliphatic rings. The molecule has 0 spiro atoms. The number of hydrogen-bond donors (Lipinski definition) is 1. The molecule has 0 aliphatic heterocycles. The predicted octanol–water partition coefficient (Wildman–Crippen LogP) is 2.55. The van der Waals surface area contributed by atoms with E-state index in [1.165, 1.54) is 0 Å². The van der Waals surface area contributed by atoms with Crippen molar-refractivity contribution in [2.75, 3.05) is 25.1 Å². The third-order valence-electron chi connectivity index (χ3n) is 4.10. The number of carbonyl (C=O) groups excluding carboxylic acids is 4. The van der Waals surface area contributed by atoms with Gasteiger partial charge in [0.05, 0.1) is 24.7 Å². The Morgan fingerprint density at radius 1 is 1.07 bits per heavy atom. The van der Waals surface area contributed by atoms with Crippen LogP contribution in [0, 0.1) is 18.8 Å². The molecule has 1 aromatic heterocycles. The summed E-state index contributed by atoms with van der Waals surface area (Å²) in [5, 5.41) is 2.69. The first-order chi connectivity index (χ1) is 12.8. The Hall–Kier alpha value is -2.42. The van der Waals surface area contributed by atoms with Gasteiger partial charge in [-0.05, 0) is 38.7 Å². The van der Waals surface area contributed by atoms with E-state index in [9.17, 15) is 19.2 Å². The van der Waals surface area contributed by atoms with E-state index in [1.807, 2.05) is 6.92 Å². The Labute approximate surface area is 161 Å². The molecule has 2 rings (SSSR count). The molecule has 1 N–H and O–H groups in total. The van der Waals surface area contributed by atoms with Crippen molar-refractivity contribution in [3.05, 3.63) is 16.0 Å². The molecule has 0 bridgehead atoms. The van der Waals surface area contributed by atoms with Crippen LogP contribution in [0.4, 0.5) is 5.00 Å². The number of thiophene rings is 1. The highest BCUT2D eigenvalue weighted by atomic mass is 32.1. The van der Waals surface area contributed by atoms with Crippen molar-refractivity contribution in [1.82, 2.24) is 0 Å². The van der Waals surface area contributed by atoms with Crippen LogP contribution in [-0.4, -0.2) is 43.6 Å². The van der Waals surface area contributed by atoms with Crippen molar-refractivity contribution in [3.63, 3.8) is 0 Å². The number of amides is 1. The quantitative estimate of drug-likeness (QED) is 0.530. The van der Waals surface area contributed by atoms with Gasteiger partial charge < -0.3 is 19.5 Å². The SMILES string of the molecule is CCOC(=O)c1sc(NC(=O)COC(=O)[C@H]2C[C@@H]2C)c(C(=O)OCC)c1C. The average molecular weight is 397 g/mol. The highest BCUT2D eigenvalue weighted by molar-refractivity contribution is 7.18. The number of carbonyl (C=O) groups is 4. The molecule has 1 amide bonds. The van der Waals surface area contributed by atoms with Crippen LogP contribution in [0.5, 0.6) is 0 Å². The van der Waals surface area contributed by atoms with Crippen LogP contribution in [0.3, 0.4) is 0 Å². The Morgan fingerprint density at radius 2 is 1.67 bits per heavy atom. The molecule has 148 valence electrons. The van der Waals surface area contributed by atoms with Gasteiger partial charge in [-0.3, -0.25) is 9.59 Å². The van der Waals surface area contributed by atoms with Crippen LogP contribution >= 0.6 is 11.3 Å². The van der Waals surface area contributed by atoms with E-state index in [1.54, 1.807) is 20.8 Å². The van der Waals surface area contributed by atoms with Crippen molar-refractivity contribution >= 4 is 40.2 Å². The standard InChI is InChI=1S/C18H23NO7S/c1-5-24-17(22)13-10(4)14(18(23)25-6-2)27-15(13)19-12(20)8-26-16(21)11-7-9(11)3/h9,11H,5-8H2,1-4H3,(H,19,20)/t9-,11-/m0/s1. The largest absolute Gasteiger partial charge is 0.462 e. The highest BCUT2D eigenvalue weighted by Gasteiger charge is 2.40. The molecule has 2 atom stereocenters. The van der Waals surface area contributed by atoms with Gasteiger partial charge in [-0.15, -0.1) is 11.3 Å². The zero-order chi connectivity index (χ0) is 20.1. The van der Waals surface area contributed by atoms with Gasteiger partial charge in [0.2, 0.25) is 0 Å². The van der Waals surface area contributed by atoms with E-state index < -0.39 is 30.4 Å². The van der Waals surface area contributed by atoms with Gasteiger partial charge in [0.25, 0.3) is 5.91 Å². The lowest BCUT2D eigenvalue weighted by Crippen LogP contribution is -2.22. The van der Waals surface area contributed by atoms with Crippen LogP contribution in [0.2, 0.25) is 0 Å². The normalized spacial score (nSPS) is 17.8. The van der Waals surface area contributed by atoms with Gasteiger partial charge >= 0.3 is 17.9 Å². The predicted molar refractivity (Wildman–Crippen MR) is 97.8 cm³/mol. The Morgan fingerprint density at radius 3 is 2.22 bits per heavy atom. The Balaban J connectivity index is 2.14. The zero-order valence-corrected chi connectivity index (χ0v) is 16.6. The molecule has 0 saturated heterocycles. The van der Waals surface area contributed by atoms with Gasteiger partial charge in [0.15, 0.2) is 6.61 Å². The number of anilines is 1. The van der Waals surface area contributed by atoms with Crippen molar-refractivity contribution in [2.24, 2.45) is 11.8 Å². The zero-order valence-electron chi connectivity index (χ0n) is 15.7. The summed E-state index contributed by atoms with van der Waals surface area (Å²) >= 11 is 0.922. The first-order valence-corrected chi connectivity index (χ1v) is 9.55. The molecule has 9 heteroatoms. The molecule has 1 heterocycles. The van der Waals surface area contributed by atoms with E-state index in [4.69, 9.17) is 14.2 Å². The van der Waals surface area contributed by atoms with E-state index in [0.29, 0.717) is 5.56 Å². The van der Waals surface area contributed by atoms with Crippen LogP contribution in [0.25, 0.3) is 0 Å². The van der Waals surface area contributed by atoms with Crippen molar-refractivity contribution in [2.45, 2.75) is 34.1 Å². The molecule has 8 nitrogen and oxygen atoms in total. The molecule has 0 radical (unpaired) electrons. The fraction of sp³-hybridized carbons (Fsp3) is 0.556. The fourth-order valence-corrected chi connectivity index (χ4v) is 3.60. The molecule has 0 aromatic carbocycles. The van der Waals surface area contributed by atoms with E-state index in [-0.39, 0.29) is 40.5 Å². The summed E-state index contributed by atoms with van der Waals surface area (Å²) in [4.78, 5) is 48.4. The fourth-order valence-electron chi connectivity index (χ4n) is 2.50. The number of rotatable bonds is 8.